The van der Waals surface area contributed by atoms with Crippen molar-refractivity contribution < 1.29 is 14.0 Å². The molecular formula is C37H40N4O5. The van der Waals surface area contributed by atoms with Crippen molar-refractivity contribution in [3.63, 3.8) is 0 Å². The van der Waals surface area contributed by atoms with Gasteiger partial charge in [0.05, 0.1) is 18.0 Å². The number of ether oxygens (including phenoxy) is 2. The predicted molar refractivity (Wildman–Crippen MR) is 178 cm³/mol. The third kappa shape index (κ3) is 6.46. The third-order valence-electron chi connectivity index (χ3n) is 8.75. The standard InChI is InChI=1S/C37H40N4O5/c1-4-10-32-31(23-25-13-15-26(16-14-25)29-11-6-7-12-30(29)34-39-36(43)46-40-34)35(42)41(33(5-2)38-32)27-17-19-28(20-18-27)45-37(24-44-3)21-8-9-22-37/h6-7,11-20H,4-5,8-10,21-24H2,1-3H3,(H,39,40,43). The van der Waals surface area contributed by atoms with Crippen molar-refractivity contribution in [2.24, 2.45) is 0 Å². The number of hydrogen-bond acceptors (Lipinski definition) is 7. The lowest BCUT2D eigenvalue weighted by atomic mass is 9.96. The minimum atomic E-state index is -0.597. The number of nitrogens with zero attached hydrogens (tertiary/aromatic N) is 3. The molecule has 238 valence electrons. The van der Waals surface area contributed by atoms with E-state index in [-0.39, 0.29) is 11.2 Å². The van der Waals surface area contributed by atoms with E-state index in [0.717, 1.165) is 83.7 Å². The molecule has 5 aromatic rings. The lowest BCUT2D eigenvalue weighted by Gasteiger charge is -2.29. The molecule has 0 bridgehead atoms. The zero-order chi connectivity index (χ0) is 32.1. The Morgan fingerprint density at radius 2 is 1.65 bits per heavy atom. The monoisotopic (exact) mass is 620 g/mol. The smallest absolute Gasteiger partial charge is 0.439 e. The summed E-state index contributed by atoms with van der Waals surface area (Å²) in [7, 11) is 1.72. The normalized spacial score (nSPS) is 14.1. The van der Waals surface area contributed by atoms with E-state index in [1.807, 2.05) is 79.7 Å². The molecule has 46 heavy (non-hydrogen) atoms. The number of methoxy groups -OCH3 is 1. The van der Waals surface area contributed by atoms with E-state index in [2.05, 4.69) is 17.1 Å². The first-order chi connectivity index (χ1) is 22.4. The lowest BCUT2D eigenvalue weighted by Crippen LogP contribution is -2.37. The minimum Gasteiger partial charge on any atom is -0.485 e. The number of benzene rings is 3. The molecule has 0 saturated heterocycles. The van der Waals surface area contributed by atoms with E-state index in [0.29, 0.717) is 30.8 Å². The summed E-state index contributed by atoms with van der Waals surface area (Å²) >= 11 is 0. The van der Waals surface area contributed by atoms with Crippen LogP contribution in [0.5, 0.6) is 5.75 Å². The first-order valence-corrected chi connectivity index (χ1v) is 16.1. The molecule has 1 N–H and O–H groups in total. The third-order valence-corrected chi connectivity index (χ3v) is 8.75. The summed E-state index contributed by atoms with van der Waals surface area (Å²) in [6.07, 6.45) is 6.94. The number of hydrogen-bond donors (Lipinski definition) is 1. The largest absolute Gasteiger partial charge is 0.485 e. The van der Waals surface area contributed by atoms with Crippen molar-refractivity contribution in [3.05, 3.63) is 116 Å². The molecule has 0 amide bonds. The van der Waals surface area contributed by atoms with Crippen molar-refractivity contribution >= 4 is 0 Å². The lowest BCUT2D eigenvalue weighted by molar-refractivity contribution is -0.00467. The maximum absolute atomic E-state index is 14.3. The summed E-state index contributed by atoms with van der Waals surface area (Å²) in [5.74, 6) is 1.31. The van der Waals surface area contributed by atoms with E-state index in [1.165, 1.54) is 0 Å². The number of aryl methyl sites for hydroxylation is 2. The van der Waals surface area contributed by atoms with Gasteiger partial charge in [0.1, 0.15) is 17.2 Å². The summed E-state index contributed by atoms with van der Waals surface area (Å²) in [5, 5.41) is 3.87. The predicted octanol–water partition coefficient (Wildman–Crippen LogP) is 6.69. The van der Waals surface area contributed by atoms with Crippen LogP contribution < -0.4 is 16.1 Å². The van der Waals surface area contributed by atoms with Gasteiger partial charge >= 0.3 is 5.76 Å². The van der Waals surface area contributed by atoms with Crippen LogP contribution in [0.25, 0.3) is 28.2 Å². The highest BCUT2D eigenvalue weighted by molar-refractivity contribution is 5.80. The van der Waals surface area contributed by atoms with Gasteiger partial charge in [0.2, 0.25) is 0 Å². The highest BCUT2D eigenvalue weighted by Crippen LogP contribution is 2.35. The van der Waals surface area contributed by atoms with Gasteiger partial charge in [0.25, 0.3) is 5.56 Å². The van der Waals surface area contributed by atoms with Crippen LogP contribution in [0.3, 0.4) is 0 Å². The molecule has 6 rings (SSSR count). The maximum atomic E-state index is 14.3. The SMILES string of the molecule is CCCc1nc(CC)n(-c2ccc(OC3(COC)CCCC3)cc2)c(=O)c1Cc1ccc(-c2ccccc2-c2noc(=O)[nH]2)cc1. The Morgan fingerprint density at radius 3 is 2.28 bits per heavy atom. The summed E-state index contributed by atoms with van der Waals surface area (Å²) in [6, 6.07) is 23.6. The molecule has 0 spiro atoms. The van der Waals surface area contributed by atoms with Crippen LogP contribution >= 0.6 is 0 Å². The molecule has 3 aromatic carbocycles. The maximum Gasteiger partial charge on any atom is 0.439 e. The van der Waals surface area contributed by atoms with Gasteiger partial charge in [0, 0.05) is 31.1 Å². The Balaban J connectivity index is 1.31. The van der Waals surface area contributed by atoms with Crippen molar-refractivity contribution in [2.45, 2.75) is 70.8 Å². The molecule has 0 atom stereocenters. The first kappa shape index (κ1) is 31.2. The molecule has 0 aliphatic heterocycles. The second-order valence-electron chi connectivity index (χ2n) is 12.0. The zero-order valence-corrected chi connectivity index (χ0v) is 26.7. The number of nitrogens with one attached hydrogen (secondary N) is 1. The van der Waals surface area contributed by atoms with Crippen molar-refractivity contribution in [2.75, 3.05) is 13.7 Å². The Morgan fingerprint density at radius 1 is 0.935 bits per heavy atom. The van der Waals surface area contributed by atoms with Crippen LogP contribution in [-0.2, 0) is 24.0 Å². The number of rotatable bonds is 12. The first-order valence-electron chi connectivity index (χ1n) is 16.1. The Bertz CT molecular complexity index is 1900. The molecule has 1 aliphatic rings. The second-order valence-corrected chi connectivity index (χ2v) is 12.0. The minimum absolute atomic E-state index is 0.0416. The van der Waals surface area contributed by atoms with Gasteiger partial charge in [-0.2, -0.15) is 0 Å². The number of aromatic amines is 1. The topological polar surface area (TPSA) is 112 Å². The van der Waals surface area contributed by atoms with Gasteiger partial charge in [-0.1, -0.05) is 74.0 Å². The Hall–Kier alpha value is -4.76. The summed E-state index contributed by atoms with van der Waals surface area (Å²) < 4.78 is 18.4. The van der Waals surface area contributed by atoms with Crippen LogP contribution in [0.1, 0.15) is 68.6 Å². The molecule has 9 nitrogen and oxygen atoms in total. The molecule has 2 heterocycles. The van der Waals surface area contributed by atoms with E-state index in [1.54, 1.807) is 11.7 Å². The van der Waals surface area contributed by atoms with Gasteiger partial charge in [0.15, 0.2) is 5.82 Å². The van der Waals surface area contributed by atoms with Crippen LogP contribution in [0.15, 0.2) is 86.9 Å². The van der Waals surface area contributed by atoms with Crippen molar-refractivity contribution in [3.8, 4) is 34.0 Å². The van der Waals surface area contributed by atoms with Crippen LogP contribution in [0, 0.1) is 0 Å². The van der Waals surface area contributed by atoms with Crippen LogP contribution in [0.2, 0.25) is 0 Å². The zero-order valence-electron chi connectivity index (χ0n) is 26.7. The molecule has 9 heteroatoms. The van der Waals surface area contributed by atoms with Gasteiger partial charge in [-0.3, -0.25) is 18.9 Å². The molecular weight excluding hydrogens is 580 g/mol. The highest BCUT2D eigenvalue weighted by Gasteiger charge is 2.36. The van der Waals surface area contributed by atoms with Gasteiger partial charge in [-0.15, -0.1) is 0 Å². The van der Waals surface area contributed by atoms with E-state index in [4.69, 9.17) is 19.0 Å². The molecule has 2 aromatic heterocycles. The Kier molecular flexibility index (Phi) is 9.30. The summed E-state index contributed by atoms with van der Waals surface area (Å²) in [4.78, 5) is 33.5. The van der Waals surface area contributed by atoms with Crippen molar-refractivity contribution in [1.82, 2.24) is 19.7 Å². The Labute approximate surface area is 268 Å². The van der Waals surface area contributed by atoms with Crippen LogP contribution in [0.4, 0.5) is 0 Å². The fourth-order valence-corrected chi connectivity index (χ4v) is 6.54. The number of H-pyrrole nitrogens is 1. The molecule has 0 unspecified atom stereocenters. The molecule has 0 radical (unpaired) electrons. The van der Waals surface area contributed by atoms with E-state index >= 15 is 0 Å². The van der Waals surface area contributed by atoms with E-state index < -0.39 is 5.76 Å². The van der Waals surface area contributed by atoms with Crippen LogP contribution in [-0.4, -0.2) is 39.0 Å². The average molecular weight is 621 g/mol. The molecule has 1 fully saturated rings. The molecule has 1 saturated carbocycles. The highest BCUT2D eigenvalue weighted by atomic mass is 16.5. The second kappa shape index (κ2) is 13.7. The van der Waals surface area contributed by atoms with Gasteiger partial charge in [-0.25, -0.2) is 9.78 Å². The van der Waals surface area contributed by atoms with Crippen molar-refractivity contribution in [1.29, 1.82) is 0 Å². The number of aromatic nitrogens is 4. The summed E-state index contributed by atoms with van der Waals surface area (Å²) in [6.45, 7) is 4.71. The van der Waals surface area contributed by atoms with Gasteiger partial charge < -0.3 is 9.47 Å². The van der Waals surface area contributed by atoms with E-state index in [9.17, 15) is 9.59 Å². The fraction of sp³-hybridized carbons (Fsp3) is 0.351. The quantitative estimate of drug-likeness (QED) is 0.165. The molecule has 1 aliphatic carbocycles. The average Bonchev–Trinajstić information content (AvgIpc) is 3.72. The van der Waals surface area contributed by atoms with Gasteiger partial charge in [-0.05, 0) is 73.1 Å². The summed E-state index contributed by atoms with van der Waals surface area (Å²) in [5.41, 5.74) is 5.65. The fourth-order valence-electron chi connectivity index (χ4n) is 6.54.